The SMILES string of the molecule is CCOC(=O)C1=C(c2ccccc2)NC(SCC(=O)Nc2cc(C)ccc2C)=C(C#N)[C@H]1c1ccco1. The Morgan fingerprint density at radius 3 is 2.59 bits per heavy atom. The molecule has 0 spiro atoms. The molecule has 0 saturated carbocycles. The number of ether oxygens (including phenoxy) is 1. The van der Waals surface area contributed by atoms with Crippen LogP contribution in [0.4, 0.5) is 5.69 Å². The largest absolute Gasteiger partial charge is 0.468 e. The molecule has 3 aromatic rings. The number of furan rings is 1. The predicted molar refractivity (Wildman–Crippen MR) is 144 cm³/mol. The third kappa shape index (κ3) is 5.79. The van der Waals surface area contributed by atoms with Crippen LogP contribution in [-0.2, 0) is 14.3 Å². The number of rotatable bonds is 8. The molecule has 1 aliphatic rings. The number of hydrogen-bond donors (Lipinski definition) is 2. The number of dihydropyridines is 1. The van der Waals surface area contributed by atoms with Gasteiger partial charge in [-0.2, -0.15) is 5.26 Å². The first-order valence-electron chi connectivity index (χ1n) is 11.8. The van der Waals surface area contributed by atoms with Crippen molar-refractivity contribution in [3.8, 4) is 6.07 Å². The van der Waals surface area contributed by atoms with Crippen molar-refractivity contribution in [3.63, 3.8) is 0 Å². The van der Waals surface area contributed by atoms with Crippen LogP contribution in [0.15, 0.2) is 87.5 Å². The van der Waals surface area contributed by atoms with Crippen molar-refractivity contribution < 1.29 is 18.7 Å². The lowest BCUT2D eigenvalue weighted by molar-refractivity contribution is -0.138. The Bertz CT molecular complexity index is 1400. The van der Waals surface area contributed by atoms with Gasteiger partial charge in [0.25, 0.3) is 0 Å². The molecule has 0 saturated heterocycles. The van der Waals surface area contributed by atoms with E-state index in [0.29, 0.717) is 16.5 Å². The number of carbonyl (C=O) groups is 2. The fourth-order valence-electron chi connectivity index (χ4n) is 4.09. The average molecular weight is 514 g/mol. The van der Waals surface area contributed by atoms with Crippen LogP contribution in [0.1, 0.15) is 35.3 Å². The maximum Gasteiger partial charge on any atom is 0.337 e. The van der Waals surface area contributed by atoms with Gasteiger partial charge in [-0.3, -0.25) is 4.79 Å². The number of thioether (sulfide) groups is 1. The van der Waals surface area contributed by atoms with Gasteiger partial charge < -0.3 is 19.8 Å². The maximum atomic E-state index is 13.2. The molecule has 2 N–H and O–H groups in total. The lowest BCUT2D eigenvalue weighted by Crippen LogP contribution is -2.29. The Hall–Kier alpha value is -4.22. The van der Waals surface area contributed by atoms with Crippen molar-refractivity contribution in [2.45, 2.75) is 26.7 Å². The number of nitriles is 1. The summed E-state index contributed by atoms with van der Waals surface area (Å²) < 4.78 is 11.1. The minimum Gasteiger partial charge on any atom is -0.468 e. The zero-order valence-corrected chi connectivity index (χ0v) is 21.6. The number of carbonyl (C=O) groups excluding carboxylic acids is 2. The second-order valence-electron chi connectivity index (χ2n) is 8.46. The third-order valence-corrected chi connectivity index (χ3v) is 6.87. The lowest BCUT2D eigenvalue weighted by Gasteiger charge is -2.29. The number of amides is 1. The molecule has 4 rings (SSSR count). The molecule has 2 heterocycles. The number of anilines is 1. The average Bonchev–Trinajstić information content (AvgIpc) is 3.44. The minimum absolute atomic E-state index is 0.0581. The van der Waals surface area contributed by atoms with E-state index in [9.17, 15) is 14.9 Å². The highest BCUT2D eigenvalue weighted by Crippen LogP contribution is 2.43. The Morgan fingerprint density at radius 2 is 1.92 bits per heavy atom. The summed E-state index contributed by atoms with van der Waals surface area (Å²) in [5, 5.41) is 16.9. The van der Waals surface area contributed by atoms with Crippen LogP contribution in [0.5, 0.6) is 0 Å². The number of esters is 1. The van der Waals surface area contributed by atoms with Crippen LogP contribution in [0.25, 0.3) is 5.70 Å². The summed E-state index contributed by atoms with van der Waals surface area (Å²) in [6, 6.07) is 20.9. The smallest absolute Gasteiger partial charge is 0.337 e. The summed E-state index contributed by atoms with van der Waals surface area (Å²) in [4.78, 5) is 26.1. The molecule has 1 aliphatic heterocycles. The number of aryl methyl sites for hydroxylation is 2. The molecule has 37 heavy (non-hydrogen) atoms. The van der Waals surface area contributed by atoms with E-state index in [-0.39, 0.29) is 29.4 Å². The van der Waals surface area contributed by atoms with E-state index in [1.165, 1.54) is 18.0 Å². The summed E-state index contributed by atoms with van der Waals surface area (Å²) in [6.07, 6.45) is 1.50. The molecule has 8 heteroatoms. The van der Waals surface area contributed by atoms with E-state index in [4.69, 9.17) is 9.15 Å². The summed E-state index contributed by atoms with van der Waals surface area (Å²) in [5.74, 6) is -1.05. The predicted octanol–water partition coefficient (Wildman–Crippen LogP) is 5.66. The van der Waals surface area contributed by atoms with Crippen LogP contribution in [0.2, 0.25) is 0 Å². The Morgan fingerprint density at radius 1 is 1.14 bits per heavy atom. The summed E-state index contributed by atoms with van der Waals surface area (Å²) in [6.45, 7) is 5.81. The number of allylic oxidation sites excluding steroid dienone is 1. The van der Waals surface area contributed by atoms with Gasteiger partial charge in [-0.1, -0.05) is 54.2 Å². The molecule has 188 valence electrons. The first-order chi connectivity index (χ1) is 17.9. The van der Waals surface area contributed by atoms with Gasteiger partial charge in [0.2, 0.25) is 5.91 Å². The first kappa shape index (κ1) is 25.9. The van der Waals surface area contributed by atoms with E-state index >= 15 is 0 Å². The topological polar surface area (TPSA) is 104 Å². The molecule has 0 unspecified atom stereocenters. The summed E-state index contributed by atoms with van der Waals surface area (Å²) in [7, 11) is 0. The Balaban J connectivity index is 1.71. The van der Waals surface area contributed by atoms with Gasteiger partial charge in [-0.05, 0) is 55.7 Å². The summed E-state index contributed by atoms with van der Waals surface area (Å²) in [5.41, 5.74) is 4.57. The van der Waals surface area contributed by atoms with Gasteiger partial charge in [0.1, 0.15) is 5.76 Å². The molecule has 2 aromatic carbocycles. The fraction of sp³-hybridized carbons (Fsp3) is 0.207. The van der Waals surface area contributed by atoms with Crippen LogP contribution >= 0.6 is 11.8 Å². The summed E-state index contributed by atoms with van der Waals surface area (Å²) >= 11 is 1.20. The van der Waals surface area contributed by atoms with Gasteiger partial charge in [-0.15, -0.1) is 0 Å². The van der Waals surface area contributed by atoms with Gasteiger partial charge in [0.15, 0.2) is 0 Å². The highest BCUT2D eigenvalue weighted by molar-refractivity contribution is 8.03. The molecule has 7 nitrogen and oxygen atoms in total. The Kier molecular flexibility index (Phi) is 8.16. The standard InChI is InChI=1S/C29H27N3O4S/c1-4-35-29(34)26-25(23-11-8-14-36-23)21(16-30)28(32-27(26)20-9-6-5-7-10-20)37-17-24(33)31-22-15-18(2)12-13-19(22)3/h5-15,25,32H,4,17H2,1-3H3,(H,31,33)/t25-/m0/s1. The zero-order chi connectivity index (χ0) is 26.4. The van der Waals surface area contributed by atoms with Crippen molar-refractivity contribution in [2.75, 3.05) is 17.7 Å². The van der Waals surface area contributed by atoms with E-state index < -0.39 is 11.9 Å². The molecular weight excluding hydrogens is 486 g/mol. The van der Waals surface area contributed by atoms with Crippen molar-refractivity contribution in [1.82, 2.24) is 5.32 Å². The molecule has 0 bridgehead atoms. The van der Waals surface area contributed by atoms with Crippen molar-refractivity contribution >= 4 is 35.0 Å². The molecule has 1 amide bonds. The van der Waals surface area contributed by atoms with E-state index in [0.717, 1.165) is 22.4 Å². The molecule has 0 fully saturated rings. The minimum atomic E-state index is -0.792. The maximum absolute atomic E-state index is 13.2. The van der Waals surface area contributed by atoms with Crippen molar-refractivity contribution in [3.05, 3.63) is 106 Å². The number of nitrogens with zero attached hydrogens (tertiary/aromatic N) is 1. The van der Waals surface area contributed by atoms with E-state index in [2.05, 4.69) is 16.7 Å². The monoisotopic (exact) mass is 513 g/mol. The van der Waals surface area contributed by atoms with Gasteiger partial charge in [0, 0.05) is 5.69 Å². The number of benzene rings is 2. The second-order valence-corrected chi connectivity index (χ2v) is 9.44. The fourth-order valence-corrected chi connectivity index (χ4v) is 4.93. The number of nitrogens with one attached hydrogen (secondary N) is 2. The molecular formula is C29H27N3O4S. The zero-order valence-electron chi connectivity index (χ0n) is 20.8. The normalized spacial score (nSPS) is 15.1. The molecule has 0 aliphatic carbocycles. The van der Waals surface area contributed by atoms with E-state index in [1.54, 1.807) is 19.1 Å². The van der Waals surface area contributed by atoms with E-state index in [1.807, 2.05) is 62.4 Å². The highest BCUT2D eigenvalue weighted by atomic mass is 32.2. The molecule has 1 atom stereocenters. The highest BCUT2D eigenvalue weighted by Gasteiger charge is 2.38. The van der Waals surface area contributed by atoms with Crippen LogP contribution in [-0.4, -0.2) is 24.2 Å². The quantitative estimate of drug-likeness (QED) is 0.374. The Labute approximate surface area is 220 Å². The van der Waals surface area contributed by atoms with Gasteiger partial charge >= 0.3 is 5.97 Å². The van der Waals surface area contributed by atoms with Crippen molar-refractivity contribution in [1.29, 1.82) is 5.26 Å². The third-order valence-electron chi connectivity index (χ3n) is 5.85. The molecule has 1 aromatic heterocycles. The van der Waals surface area contributed by atoms with Crippen LogP contribution in [0, 0.1) is 25.2 Å². The van der Waals surface area contributed by atoms with Crippen LogP contribution in [0.3, 0.4) is 0 Å². The van der Waals surface area contributed by atoms with Crippen molar-refractivity contribution in [2.24, 2.45) is 0 Å². The lowest BCUT2D eigenvalue weighted by atomic mass is 9.84. The van der Waals surface area contributed by atoms with Gasteiger partial charge in [-0.25, -0.2) is 4.79 Å². The van der Waals surface area contributed by atoms with Crippen LogP contribution < -0.4 is 10.6 Å². The molecule has 0 radical (unpaired) electrons. The number of hydrogen-bond acceptors (Lipinski definition) is 7. The van der Waals surface area contributed by atoms with Gasteiger partial charge in [0.05, 0.1) is 52.5 Å². The first-order valence-corrected chi connectivity index (χ1v) is 12.8. The second kappa shape index (κ2) is 11.7.